The topological polar surface area (TPSA) is 17.1 Å². The third-order valence-electron chi connectivity index (χ3n) is 6.09. The number of aryl methyl sites for hydroxylation is 4. The van der Waals surface area contributed by atoms with Gasteiger partial charge in [-0.05, 0) is 61.9 Å². The lowest BCUT2D eigenvalue weighted by molar-refractivity contribution is 0.103. The average molecular weight is 393 g/mol. The number of allylic oxidation sites excluding steroid dienone is 4. The Morgan fingerprint density at radius 2 is 1.53 bits per heavy atom. The maximum Gasteiger partial charge on any atom is 0.192 e. The number of benzene rings is 3. The zero-order chi connectivity index (χ0) is 21.1. The first-order valence-electron chi connectivity index (χ1n) is 10.7. The molecule has 0 radical (unpaired) electrons. The summed E-state index contributed by atoms with van der Waals surface area (Å²) in [4.78, 5) is 13.3. The summed E-state index contributed by atoms with van der Waals surface area (Å²) in [7, 11) is 0. The SMILES string of the molecule is CC1=C(C(=O)c2cccc(CCc3ccccc3)c2)C=CC1c1ccc(C)cc1C. The number of rotatable bonds is 6. The molecule has 1 nitrogen and oxygen atoms in total. The molecule has 1 heteroatoms. The van der Waals surface area contributed by atoms with Gasteiger partial charge in [0, 0.05) is 17.1 Å². The highest BCUT2D eigenvalue weighted by Gasteiger charge is 2.24. The molecule has 0 bridgehead atoms. The Morgan fingerprint density at radius 1 is 0.800 bits per heavy atom. The van der Waals surface area contributed by atoms with Crippen LogP contribution < -0.4 is 0 Å². The van der Waals surface area contributed by atoms with Gasteiger partial charge in [0.15, 0.2) is 5.78 Å². The van der Waals surface area contributed by atoms with E-state index in [1.54, 1.807) is 0 Å². The van der Waals surface area contributed by atoms with E-state index in [0.717, 1.165) is 29.6 Å². The van der Waals surface area contributed by atoms with Crippen LogP contribution in [0.2, 0.25) is 0 Å². The molecule has 150 valence electrons. The maximum absolute atomic E-state index is 13.3. The molecule has 0 fully saturated rings. The lowest BCUT2D eigenvalue weighted by atomic mass is 9.88. The first-order chi connectivity index (χ1) is 14.5. The smallest absolute Gasteiger partial charge is 0.192 e. The molecule has 1 unspecified atom stereocenters. The summed E-state index contributed by atoms with van der Waals surface area (Å²) in [6.07, 6.45) is 6.09. The molecule has 0 aliphatic heterocycles. The van der Waals surface area contributed by atoms with Gasteiger partial charge in [-0.3, -0.25) is 4.79 Å². The number of carbonyl (C=O) groups is 1. The minimum atomic E-state index is 0.123. The summed E-state index contributed by atoms with van der Waals surface area (Å²) in [5.41, 5.74) is 9.11. The highest BCUT2D eigenvalue weighted by atomic mass is 16.1. The number of ketones is 1. The van der Waals surface area contributed by atoms with Crippen LogP contribution >= 0.6 is 0 Å². The first-order valence-corrected chi connectivity index (χ1v) is 10.7. The van der Waals surface area contributed by atoms with E-state index in [1.165, 1.54) is 27.8 Å². The highest BCUT2D eigenvalue weighted by Crippen LogP contribution is 2.36. The normalized spacial score (nSPS) is 15.6. The second-order valence-corrected chi connectivity index (χ2v) is 8.31. The summed E-state index contributed by atoms with van der Waals surface area (Å²) in [5.74, 6) is 0.309. The first kappa shape index (κ1) is 20.1. The quantitative estimate of drug-likeness (QED) is 0.415. The number of hydrogen-bond acceptors (Lipinski definition) is 1. The van der Waals surface area contributed by atoms with Crippen molar-refractivity contribution in [3.63, 3.8) is 0 Å². The number of hydrogen-bond donors (Lipinski definition) is 0. The van der Waals surface area contributed by atoms with Crippen molar-refractivity contribution in [2.45, 2.75) is 39.5 Å². The molecule has 0 heterocycles. The van der Waals surface area contributed by atoms with Crippen LogP contribution in [0.25, 0.3) is 0 Å². The predicted octanol–water partition coefficient (Wildman–Crippen LogP) is 6.94. The van der Waals surface area contributed by atoms with E-state index >= 15 is 0 Å². The van der Waals surface area contributed by atoms with Crippen LogP contribution in [0.3, 0.4) is 0 Å². The van der Waals surface area contributed by atoms with Gasteiger partial charge < -0.3 is 0 Å². The van der Waals surface area contributed by atoms with E-state index in [9.17, 15) is 4.79 Å². The lowest BCUT2D eigenvalue weighted by Crippen LogP contribution is -2.05. The van der Waals surface area contributed by atoms with Gasteiger partial charge in [-0.1, -0.05) is 90.0 Å². The van der Waals surface area contributed by atoms with Crippen LogP contribution in [0.15, 0.2) is 96.1 Å². The van der Waals surface area contributed by atoms with Gasteiger partial charge in [0.2, 0.25) is 0 Å². The van der Waals surface area contributed by atoms with Crippen molar-refractivity contribution < 1.29 is 4.79 Å². The molecule has 0 amide bonds. The van der Waals surface area contributed by atoms with Crippen molar-refractivity contribution in [3.8, 4) is 0 Å². The zero-order valence-corrected chi connectivity index (χ0v) is 18.0. The number of Topliss-reactive ketones (excluding diaryl/α,β-unsaturated/α-hetero) is 1. The molecular formula is C29H28O. The Labute approximate surface area is 179 Å². The minimum absolute atomic E-state index is 0.123. The summed E-state index contributed by atoms with van der Waals surface area (Å²) in [5, 5.41) is 0. The molecule has 0 spiro atoms. The molecule has 1 atom stereocenters. The molecule has 30 heavy (non-hydrogen) atoms. The fraction of sp³-hybridized carbons (Fsp3) is 0.207. The van der Waals surface area contributed by atoms with Crippen molar-refractivity contribution >= 4 is 5.78 Å². The van der Waals surface area contributed by atoms with Crippen molar-refractivity contribution in [1.82, 2.24) is 0 Å². The second kappa shape index (κ2) is 8.67. The number of carbonyl (C=O) groups excluding carboxylic acids is 1. The molecule has 4 rings (SSSR count). The Hall–Kier alpha value is -3.19. The van der Waals surface area contributed by atoms with E-state index in [-0.39, 0.29) is 11.7 Å². The summed E-state index contributed by atoms with van der Waals surface area (Å²) >= 11 is 0. The van der Waals surface area contributed by atoms with Gasteiger partial charge in [-0.25, -0.2) is 0 Å². The van der Waals surface area contributed by atoms with E-state index in [4.69, 9.17) is 0 Å². The van der Waals surface area contributed by atoms with Crippen molar-refractivity contribution in [2.75, 3.05) is 0 Å². The molecule has 3 aromatic carbocycles. The summed E-state index contributed by atoms with van der Waals surface area (Å²) in [6.45, 7) is 6.36. The zero-order valence-electron chi connectivity index (χ0n) is 18.0. The van der Waals surface area contributed by atoms with Gasteiger partial charge in [0.1, 0.15) is 0 Å². The van der Waals surface area contributed by atoms with Gasteiger partial charge in [0.25, 0.3) is 0 Å². The standard InChI is InChI=1S/C29H28O/c1-20-12-15-26(21(2)18-20)27-16-17-28(22(27)3)29(30)25-11-7-10-24(19-25)14-13-23-8-5-4-6-9-23/h4-12,15-19,27H,13-14H2,1-3H3. The summed E-state index contributed by atoms with van der Waals surface area (Å²) < 4.78 is 0. The Bertz CT molecular complexity index is 1130. The summed E-state index contributed by atoms with van der Waals surface area (Å²) in [6, 6.07) is 25.2. The van der Waals surface area contributed by atoms with Gasteiger partial charge >= 0.3 is 0 Å². The molecule has 1 aliphatic carbocycles. The second-order valence-electron chi connectivity index (χ2n) is 8.31. The Kier molecular flexibility index (Phi) is 5.81. The molecule has 1 aliphatic rings. The Balaban J connectivity index is 1.54. The van der Waals surface area contributed by atoms with Crippen LogP contribution in [-0.2, 0) is 12.8 Å². The maximum atomic E-state index is 13.3. The van der Waals surface area contributed by atoms with Crippen LogP contribution in [0.1, 0.15) is 51.0 Å². The van der Waals surface area contributed by atoms with E-state index in [0.29, 0.717) is 0 Å². The van der Waals surface area contributed by atoms with Crippen LogP contribution in [-0.4, -0.2) is 5.78 Å². The molecule has 0 saturated carbocycles. The third-order valence-corrected chi connectivity index (χ3v) is 6.09. The van der Waals surface area contributed by atoms with E-state index in [2.05, 4.69) is 81.4 Å². The van der Waals surface area contributed by atoms with Gasteiger partial charge in [-0.15, -0.1) is 0 Å². The van der Waals surface area contributed by atoms with Gasteiger partial charge in [-0.2, -0.15) is 0 Å². The van der Waals surface area contributed by atoms with Crippen molar-refractivity contribution in [1.29, 1.82) is 0 Å². The van der Waals surface area contributed by atoms with Crippen LogP contribution in [0.5, 0.6) is 0 Å². The average Bonchev–Trinajstić information content (AvgIpc) is 3.14. The molecule has 0 N–H and O–H groups in total. The predicted molar refractivity (Wildman–Crippen MR) is 125 cm³/mol. The van der Waals surface area contributed by atoms with Crippen molar-refractivity contribution in [3.05, 3.63) is 129 Å². The fourth-order valence-corrected chi connectivity index (χ4v) is 4.36. The Morgan fingerprint density at radius 3 is 2.30 bits per heavy atom. The molecular weight excluding hydrogens is 364 g/mol. The molecule has 0 saturated heterocycles. The van der Waals surface area contributed by atoms with E-state index < -0.39 is 0 Å². The van der Waals surface area contributed by atoms with Crippen molar-refractivity contribution in [2.24, 2.45) is 0 Å². The highest BCUT2D eigenvalue weighted by molar-refractivity contribution is 6.11. The molecule has 0 aromatic heterocycles. The van der Waals surface area contributed by atoms with Gasteiger partial charge in [0.05, 0.1) is 0 Å². The minimum Gasteiger partial charge on any atom is -0.289 e. The lowest BCUT2D eigenvalue weighted by Gasteiger charge is -2.15. The third kappa shape index (κ3) is 4.21. The van der Waals surface area contributed by atoms with E-state index in [1.807, 2.05) is 24.3 Å². The monoisotopic (exact) mass is 392 g/mol. The van der Waals surface area contributed by atoms with Crippen LogP contribution in [0.4, 0.5) is 0 Å². The van der Waals surface area contributed by atoms with Crippen LogP contribution in [0, 0.1) is 13.8 Å². The molecule has 3 aromatic rings. The largest absolute Gasteiger partial charge is 0.289 e. The fourth-order valence-electron chi connectivity index (χ4n) is 4.36.